The van der Waals surface area contributed by atoms with Gasteiger partial charge in [-0.05, 0) is 56.0 Å². The lowest BCUT2D eigenvalue weighted by Crippen LogP contribution is -1.90. The maximum absolute atomic E-state index is 5.99. The largest absolute Gasteiger partial charge is 0.0840 e. The van der Waals surface area contributed by atoms with Crippen LogP contribution in [-0.4, -0.2) is 0 Å². The number of aryl methyl sites for hydroxylation is 1. The zero-order chi connectivity index (χ0) is 8.59. The fourth-order valence-corrected chi connectivity index (χ4v) is 1.47. The van der Waals surface area contributed by atoms with Gasteiger partial charge in [0.1, 0.15) is 0 Å². The number of hydrogen-bond acceptors (Lipinski definition) is 0. The normalized spacial score (nSPS) is 10.3. The van der Waals surface area contributed by atoms with Crippen molar-refractivity contribution in [2.75, 3.05) is 0 Å². The van der Waals surface area contributed by atoms with Crippen LogP contribution in [0.1, 0.15) is 22.3 Å². The third-order valence-electron chi connectivity index (χ3n) is 2.42. The summed E-state index contributed by atoms with van der Waals surface area (Å²) >= 11 is 5.99. The summed E-state index contributed by atoms with van der Waals surface area (Å²) in [7, 11) is 0. The van der Waals surface area contributed by atoms with Gasteiger partial charge in [0.05, 0.1) is 0 Å². The average Bonchev–Trinajstić information content (AvgIpc) is 1.97. The van der Waals surface area contributed by atoms with Crippen LogP contribution in [0.25, 0.3) is 0 Å². The second kappa shape index (κ2) is 2.86. The zero-order valence-corrected chi connectivity index (χ0v) is 8.21. The molecule has 0 N–H and O–H groups in total. The molecule has 0 aromatic heterocycles. The van der Waals surface area contributed by atoms with Crippen LogP contribution in [0.3, 0.4) is 0 Å². The lowest BCUT2D eigenvalue weighted by molar-refractivity contribution is 1.22. The molecule has 1 heteroatoms. The summed E-state index contributed by atoms with van der Waals surface area (Å²) < 4.78 is 0. The van der Waals surface area contributed by atoms with E-state index in [0.717, 1.165) is 5.02 Å². The van der Waals surface area contributed by atoms with Crippen LogP contribution >= 0.6 is 11.6 Å². The first-order chi connectivity index (χ1) is 5.04. The van der Waals surface area contributed by atoms with Crippen molar-refractivity contribution in [3.63, 3.8) is 0 Å². The molecule has 0 aliphatic heterocycles. The maximum Gasteiger partial charge on any atom is 0.0440 e. The van der Waals surface area contributed by atoms with Crippen molar-refractivity contribution in [3.05, 3.63) is 33.3 Å². The molecule has 1 aromatic carbocycles. The number of benzene rings is 1. The highest BCUT2D eigenvalue weighted by Gasteiger charge is 2.03. The predicted octanol–water partition coefficient (Wildman–Crippen LogP) is 3.57. The first-order valence-corrected chi connectivity index (χ1v) is 4.14. The maximum atomic E-state index is 5.99. The Morgan fingerprint density at radius 1 is 0.909 bits per heavy atom. The molecule has 11 heavy (non-hydrogen) atoms. The van der Waals surface area contributed by atoms with E-state index in [-0.39, 0.29) is 0 Å². The summed E-state index contributed by atoms with van der Waals surface area (Å²) in [4.78, 5) is 0. The standard InChI is InChI=1S/C10H13Cl/c1-6-5-10(11)9(4)8(3)7(6)2/h5H,1-4H3. The molecule has 0 heterocycles. The van der Waals surface area contributed by atoms with E-state index in [0.29, 0.717) is 0 Å². The molecule has 1 aromatic rings. The van der Waals surface area contributed by atoms with Gasteiger partial charge in [-0.2, -0.15) is 0 Å². The minimum absolute atomic E-state index is 0.880. The molecule has 0 saturated heterocycles. The van der Waals surface area contributed by atoms with Gasteiger partial charge < -0.3 is 0 Å². The van der Waals surface area contributed by atoms with Gasteiger partial charge >= 0.3 is 0 Å². The highest BCUT2D eigenvalue weighted by atomic mass is 35.5. The van der Waals surface area contributed by atoms with E-state index in [9.17, 15) is 0 Å². The van der Waals surface area contributed by atoms with E-state index < -0.39 is 0 Å². The van der Waals surface area contributed by atoms with E-state index in [1.54, 1.807) is 0 Å². The Labute approximate surface area is 73.2 Å². The van der Waals surface area contributed by atoms with Gasteiger partial charge in [0, 0.05) is 5.02 Å². The summed E-state index contributed by atoms with van der Waals surface area (Å²) in [5, 5.41) is 0.880. The van der Waals surface area contributed by atoms with E-state index in [4.69, 9.17) is 11.6 Å². The highest BCUT2D eigenvalue weighted by molar-refractivity contribution is 6.31. The van der Waals surface area contributed by atoms with E-state index in [1.807, 2.05) is 6.07 Å². The van der Waals surface area contributed by atoms with Crippen LogP contribution in [-0.2, 0) is 0 Å². The molecular formula is C10H13Cl. The predicted molar refractivity (Wildman–Crippen MR) is 50.4 cm³/mol. The van der Waals surface area contributed by atoms with Crippen LogP contribution < -0.4 is 0 Å². The number of halogens is 1. The van der Waals surface area contributed by atoms with E-state index in [1.165, 1.54) is 22.3 Å². The first kappa shape index (κ1) is 8.61. The van der Waals surface area contributed by atoms with Gasteiger partial charge in [0.25, 0.3) is 0 Å². The molecule has 1 rings (SSSR count). The Balaban J connectivity index is 3.46. The van der Waals surface area contributed by atoms with Gasteiger partial charge in [0.15, 0.2) is 0 Å². The van der Waals surface area contributed by atoms with Crippen LogP contribution in [0, 0.1) is 27.7 Å². The Hall–Kier alpha value is -0.490. The second-order valence-corrected chi connectivity index (χ2v) is 3.46. The number of hydrogen-bond donors (Lipinski definition) is 0. The molecule has 0 fully saturated rings. The third-order valence-corrected chi connectivity index (χ3v) is 2.81. The molecule has 60 valence electrons. The Morgan fingerprint density at radius 3 is 2.00 bits per heavy atom. The van der Waals surface area contributed by atoms with Crippen LogP contribution in [0.2, 0.25) is 5.02 Å². The fraction of sp³-hybridized carbons (Fsp3) is 0.400. The second-order valence-electron chi connectivity index (χ2n) is 3.05. The van der Waals surface area contributed by atoms with Gasteiger partial charge in [-0.1, -0.05) is 11.6 Å². The summed E-state index contributed by atoms with van der Waals surface area (Å²) in [5.41, 5.74) is 5.15. The van der Waals surface area contributed by atoms with Gasteiger partial charge in [0.2, 0.25) is 0 Å². The fourth-order valence-electron chi connectivity index (χ4n) is 1.16. The molecule has 0 bridgehead atoms. The lowest BCUT2D eigenvalue weighted by atomic mass is 10.00. The molecule has 0 spiro atoms. The minimum atomic E-state index is 0.880. The van der Waals surface area contributed by atoms with Crippen LogP contribution in [0.4, 0.5) is 0 Å². The van der Waals surface area contributed by atoms with Crippen molar-refractivity contribution in [1.29, 1.82) is 0 Å². The van der Waals surface area contributed by atoms with Crippen LogP contribution in [0.15, 0.2) is 6.07 Å². The van der Waals surface area contributed by atoms with Gasteiger partial charge in [-0.3, -0.25) is 0 Å². The van der Waals surface area contributed by atoms with Crippen molar-refractivity contribution in [1.82, 2.24) is 0 Å². The molecular weight excluding hydrogens is 156 g/mol. The summed E-state index contributed by atoms with van der Waals surface area (Å²) in [6, 6.07) is 2.03. The zero-order valence-electron chi connectivity index (χ0n) is 7.46. The van der Waals surface area contributed by atoms with Crippen molar-refractivity contribution < 1.29 is 0 Å². The molecule has 0 nitrogen and oxygen atoms in total. The third kappa shape index (κ3) is 1.41. The molecule has 0 atom stereocenters. The molecule has 0 aliphatic rings. The molecule has 0 radical (unpaired) electrons. The summed E-state index contributed by atoms with van der Waals surface area (Å²) in [6.45, 7) is 8.40. The summed E-state index contributed by atoms with van der Waals surface area (Å²) in [6.07, 6.45) is 0. The Bertz CT molecular complexity index is 261. The van der Waals surface area contributed by atoms with Gasteiger partial charge in [-0.25, -0.2) is 0 Å². The summed E-state index contributed by atoms with van der Waals surface area (Å²) in [5.74, 6) is 0. The van der Waals surface area contributed by atoms with Crippen LogP contribution in [0.5, 0.6) is 0 Å². The van der Waals surface area contributed by atoms with Gasteiger partial charge in [-0.15, -0.1) is 0 Å². The molecule has 0 aliphatic carbocycles. The molecule has 0 amide bonds. The van der Waals surface area contributed by atoms with Crippen molar-refractivity contribution in [2.24, 2.45) is 0 Å². The monoisotopic (exact) mass is 168 g/mol. The van der Waals surface area contributed by atoms with Crippen molar-refractivity contribution >= 4 is 11.6 Å². The SMILES string of the molecule is Cc1cc(Cl)c(C)c(C)c1C. The topological polar surface area (TPSA) is 0 Å². The highest BCUT2D eigenvalue weighted by Crippen LogP contribution is 2.24. The van der Waals surface area contributed by atoms with Crippen molar-refractivity contribution in [3.8, 4) is 0 Å². The molecule has 0 saturated carbocycles. The van der Waals surface area contributed by atoms with E-state index >= 15 is 0 Å². The van der Waals surface area contributed by atoms with E-state index in [2.05, 4.69) is 27.7 Å². The minimum Gasteiger partial charge on any atom is -0.0840 e. The Morgan fingerprint density at radius 2 is 1.45 bits per heavy atom. The first-order valence-electron chi connectivity index (χ1n) is 3.77. The number of rotatable bonds is 0. The molecule has 0 unspecified atom stereocenters. The quantitative estimate of drug-likeness (QED) is 0.556. The Kier molecular flexibility index (Phi) is 2.24. The smallest absolute Gasteiger partial charge is 0.0440 e. The average molecular weight is 169 g/mol. The lowest BCUT2D eigenvalue weighted by Gasteiger charge is -2.09. The van der Waals surface area contributed by atoms with Crippen molar-refractivity contribution in [2.45, 2.75) is 27.7 Å².